The minimum absolute atomic E-state index is 0.335. The van der Waals surface area contributed by atoms with Crippen LogP contribution in [0.1, 0.15) is 29.7 Å². The lowest BCUT2D eigenvalue weighted by atomic mass is 10.1. The third-order valence-electron chi connectivity index (χ3n) is 3.09. The van der Waals surface area contributed by atoms with Crippen LogP contribution in [0.2, 0.25) is 0 Å². The van der Waals surface area contributed by atoms with E-state index in [2.05, 4.69) is 0 Å². The van der Waals surface area contributed by atoms with Crippen molar-refractivity contribution in [2.45, 2.75) is 26.8 Å². The number of hydrogen-bond acceptors (Lipinski definition) is 2. The second-order valence-corrected chi connectivity index (χ2v) is 4.76. The summed E-state index contributed by atoms with van der Waals surface area (Å²) in [6.45, 7) is 5.68. The van der Waals surface area contributed by atoms with Crippen LogP contribution in [0.4, 0.5) is 4.39 Å². The van der Waals surface area contributed by atoms with Crippen LogP contribution >= 0.6 is 0 Å². The molecule has 0 aromatic heterocycles. The van der Waals surface area contributed by atoms with Gasteiger partial charge in [-0.2, -0.15) is 0 Å². The Bertz CT molecular complexity index is 573. The van der Waals surface area contributed by atoms with Gasteiger partial charge in [-0.3, -0.25) is 0 Å². The van der Waals surface area contributed by atoms with Crippen molar-refractivity contribution in [1.82, 2.24) is 0 Å². The Morgan fingerprint density at radius 3 is 2.21 bits per heavy atom. The summed E-state index contributed by atoms with van der Waals surface area (Å²) in [7, 11) is 0. The van der Waals surface area contributed by atoms with Crippen molar-refractivity contribution in [2.75, 3.05) is 0 Å². The molecule has 1 unspecified atom stereocenters. The molecule has 0 heterocycles. The molecule has 0 saturated carbocycles. The highest BCUT2D eigenvalue weighted by Crippen LogP contribution is 2.33. The molecule has 100 valence electrons. The van der Waals surface area contributed by atoms with Crippen LogP contribution in [-0.4, -0.2) is 0 Å². The predicted molar refractivity (Wildman–Crippen MR) is 75.0 cm³/mol. The zero-order valence-electron chi connectivity index (χ0n) is 11.4. The topological polar surface area (TPSA) is 35.2 Å². The summed E-state index contributed by atoms with van der Waals surface area (Å²) in [4.78, 5) is 0. The van der Waals surface area contributed by atoms with Crippen LogP contribution in [0.3, 0.4) is 0 Å². The summed E-state index contributed by atoms with van der Waals surface area (Å²) in [6.07, 6.45) is 0. The predicted octanol–water partition coefficient (Wildman–Crippen LogP) is 4.25. The van der Waals surface area contributed by atoms with Crippen LogP contribution in [0, 0.1) is 19.7 Å². The van der Waals surface area contributed by atoms with Gasteiger partial charge in [-0.1, -0.05) is 24.3 Å². The van der Waals surface area contributed by atoms with E-state index in [-0.39, 0.29) is 5.82 Å². The lowest BCUT2D eigenvalue weighted by Crippen LogP contribution is -2.09. The number of nitrogens with two attached hydrogens (primary N) is 1. The Labute approximate surface area is 113 Å². The zero-order valence-corrected chi connectivity index (χ0v) is 11.4. The fourth-order valence-corrected chi connectivity index (χ4v) is 2.12. The quantitative estimate of drug-likeness (QED) is 0.894. The van der Waals surface area contributed by atoms with Crippen molar-refractivity contribution in [3.05, 3.63) is 58.9 Å². The molecule has 0 radical (unpaired) electrons. The van der Waals surface area contributed by atoms with Crippen LogP contribution in [0.5, 0.6) is 11.5 Å². The van der Waals surface area contributed by atoms with Gasteiger partial charge in [0.15, 0.2) is 0 Å². The number of aryl methyl sites for hydroxylation is 2. The molecule has 19 heavy (non-hydrogen) atoms. The Balaban J connectivity index is 2.47. The molecule has 0 fully saturated rings. The Hall–Kier alpha value is -1.87. The number of rotatable bonds is 3. The molecule has 0 spiro atoms. The van der Waals surface area contributed by atoms with Gasteiger partial charge >= 0.3 is 0 Å². The van der Waals surface area contributed by atoms with Crippen molar-refractivity contribution in [2.24, 2.45) is 5.73 Å². The zero-order chi connectivity index (χ0) is 14.0. The lowest BCUT2D eigenvalue weighted by molar-refractivity contribution is 0.454. The molecule has 0 aliphatic heterocycles. The average molecular weight is 259 g/mol. The normalized spacial score (nSPS) is 12.3. The van der Waals surface area contributed by atoms with E-state index >= 15 is 0 Å². The number of halogens is 1. The summed E-state index contributed by atoms with van der Waals surface area (Å²) in [5.41, 5.74) is 8.26. The van der Waals surface area contributed by atoms with Gasteiger partial charge in [0.2, 0.25) is 0 Å². The summed E-state index contributed by atoms with van der Waals surface area (Å²) < 4.78 is 19.7. The maximum atomic E-state index is 13.8. The van der Waals surface area contributed by atoms with Crippen molar-refractivity contribution in [3.63, 3.8) is 0 Å². The van der Waals surface area contributed by atoms with E-state index in [4.69, 9.17) is 10.5 Å². The highest BCUT2D eigenvalue weighted by atomic mass is 19.1. The molecule has 0 bridgehead atoms. The van der Waals surface area contributed by atoms with Gasteiger partial charge in [-0.25, -0.2) is 4.39 Å². The highest BCUT2D eigenvalue weighted by Gasteiger charge is 2.15. The van der Waals surface area contributed by atoms with E-state index < -0.39 is 6.04 Å². The van der Waals surface area contributed by atoms with Gasteiger partial charge in [0, 0.05) is 11.6 Å². The molecule has 0 aliphatic rings. The van der Waals surface area contributed by atoms with Crippen LogP contribution in [0.25, 0.3) is 0 Å². The fraction of sp³-hybridized carbons (Fsp3) is 0.250. The minimum Gasteiger partial charge on any atom is -0.456 e. The minimum atomic E-state index is -0.416. The molecule has 2 N–H and O–H groups in total. The van der Waals surface area contributed by atoms with Crippen molar-refractivity contribution >= 4 is 0 Å². The molecule has 0 amide bonds. The third-order valence-corrected chi connectivity index (χ3v) is 3.09. The van der Waals surface area contributed by atoms with Crippen LogP contribution < -0.4 is 10.5 Å². The molecule has 2 aromatic rings. The number of para-hydroxylation sites is 1. The summed E-state index contributed by atoms with van der Waals surface area (Å²) in [6, 6.07) is 10.3. The SMILES string of the molecule is Cc1cccc(C)c1Oc1cccc(F)c1C(C)N. The van der Waals surface area contributed by atoms with Gasteiger partial charge in [0.1, 0.15) is 17.3 Å². The van der Waals surface area contributed by atoms with Crippen molar-refractivity contribution in [3.8, 4) is 11.5 Å². The first-order valence-electron chi connectivity index (χ1n) is 6.28. The number of benzene rings is 2. The molecular weight excluding hydrogens is 241 g/mol. The fourth-order valence-electron chi connectivity index (χ4n) is 2.12. The third kappa shape index (κ3) is 2.76. The molecule has 0 saturated heterocycles. The molecule has 2 aromatic carbocycles. The van der Waals surface area contributed by atoms with Crippen molar-refractivity contribution in [1.29, 1.82) is 0 Å². The van der Waals surface area contributed by atoms with E-state index in [0.717, 1.165) is 16.9 Å². The molecule has 2 nitrogen and oxygen atoms in total. The molecule has 1 atom stereocenters. The monoisotopic (exact) mass is 259 g/mol. The number of hydrogen-bond donors (Lipinski definition) is 1. The molecule has 0 aliphatic carbocycles. The molecule has 2 rings (SSSR count). The Morgan fingerprint density at radius 2 is 1.63 bits per heavy atom. The van der Waals surface area contributed by atoms with E-state index in [1.807, 2.05) is 32.0 Å². The Kier molecular flexibility index (Phi) is 3.86. The highest BCUT2D eigenvalue weighted by molar-refractivity contribution is 5.46. The first kappa shape index (κ1) is 13.6. The molecule has 3 heteroatoms. The van der Waals surface area contributed by atoms with Crippen molar-refractivity contribution < 1.29 is 9.13 Å². The summed E-state index contributed by atoms with van der Waals surface area (Å²) in [5.74, 6) is 0.904. The van der Waals surface area contributed by atoms with Gasteiger partial charge in [-0.15, -0.1) is 0 Å². The van der Waals surface area contributed by atoms with Gasteiger partial charge in [0.25, 0.3) is 0 Å². The van der Waals surface area contributed by atoms with Gasteiger partial charge in [0.05, 0.1) is 0 Å². The average Bonchev–Trinajstić information content (AvgIpc) is 2.33. The van der Waals surface area contributed by atoms with Crippen LogP contribution in [-0.2, 0) is 0 Å². The summed E-state index contributed by atoms with van der Waals surface area (Å²) in [5, 5.41) is 0. The Morgan fingerprint density at radius 1 is 1.05 bits per heavy atom. The van der Waals surface area contributed by atoms with E-state index in [1.54, 1.807) is 19.1 Å². The van der Waals surface area contributed by atoms with Gasteiger partial charge in [-0.05, 0) is 44.0 Å². The van der Waals surface area contributed by atoms with Crippen LogP contribution in [0.15, 0.2) is 36.4 Å². The van der Waals surface area contributed by atoms with E-state index in [0.29, 0.717) is 11.3 Å². The van der Waals surface area contributed by atoms with Gasteiger partial charge < -0.3 is 10.5 Å². The maximum absolute atomic E-state index is 13.8. The lowest BCUT2D eigenvalue weighted by Gasteiger charge is -2.17. The second-order valence-electron chi connectivity index (χ2n) is 4.76. The largest absolute Gasteiger partial charge is 0.456 e. The van der Waals surface area contributed by atoms with E-state index in [9.17, 15) is 4.39 Å². The summed E-state index contributed by atoms with van der Waals surface area (Å²) >= 11 is 0. The second kappa shape index (κ2) is 5.41. The maximum Gasteiger partial charge on any atom is 0.135 e. The first-order chi connectivity index (χ1) is 9.00. The molecular formula is C16H18FNO. The van der Waals surface area contributed by atoms with E-state index in [1.165, 1.54) is 6.07 Å². The number of ether oxygens (including phenoxy) is 1. The standard InChI is InChI=1S/C16H18FNO/c1-10-6-4-7-11(2)16(10)19-14-9-5-8-13(17)15(14)12(3)18/h4-9,12H,18H2,1-3H3. The smallest absolute Gasteiger partial charge is 0.135 e. The first-order valence-corrected chi connectivity index (χ1v) is 6.28.